The van der Waals surface area contributed by atoms with E-state index >= 15 is 0 Å². The molecule has 1 aromatic carbocycles. The van der Waals surface area contributed by atoms with Gasteiger partial charge in [-0.2, -0.15) is 8.42 Å². The maximum atomic E-state index is 14.8. The van der Waals surface area contributed by atoms with Crippen LogP contribution in [0.3, 0.4) is 0 Å². The van der Waals surface area contributed by atoms with E-state index in [0.717, 1.165) is 17.9 Å². The van der Waals surface area contributed by atoms with E-state index in [2.05, 4.69) is 31.6 Å². The molecule has 0 bridgehead atoms. The molecule has 0 saturated heterocycles. The van der Waals surface area contributed by atoms with Crippen LogP contribution in [0.5, 0.6) is 0 Å². The van der Waals surface area contributed by atoms with Gasteiger partial charge in [0.05, 0.1) is 42.6 Å². The maximum absolute atomic E-state index is 14.8. The SMILES string of the molecule is NS(=O)(=O)OC[C@H]1C[C@@H](Nc2ncncc2C(=O)C2=C[NH+](CC3CC3c3ccccc3)C=C2)[C@@H](F)[C@@H]1O. The van der Waals surface area contributed by atoms with Gasteiger partial charge in [0, 0.05) is 24.1 Å². The number of hydrogen-bond acceptors (Lipinski definition) is 8. The highest BCUT2D eigenvalue weighted by molar-refractivity contribution is 7.84. The number of ketones is 1. The second-order valence-electron chi connectivity index (χ2n) is 9.80. The highest BCUT2D eigenvalue weighted by atomic mass is 32.2. The Hall–Kier alpha value is -3.03. The largest absolute Gasteiger partial charge is 0.390 e. The van der Waals surface area contributed by atoms with Gasteiger partial charge in [0.15, 0.2) is 0 Å². The summed E-state index contributed by atoms with van der Waals surface area (Å²) >= 11 is 0. The third-order valence-electron chi connectivity index (χ3n) is 7.20. The van der Waals surface area contributed by atoms with Gasteiger partial charge in [-0.3, -0.25) is 13.9 Å². The number of Topliss-reactive ketones (excluding diaryl/α,β-unsaturated/α-hetero) is 1. The van der Waals surface area contributed by atoms with Crippen LogP contribution in [0.2, 0.25) is 0 Å². The van der Waals surface area contributed by atoms with Crippen molar-refractivity contribution < 1.29 is 31.8 Å². The molecule has 12 heteroatoms. The van der Waals surface area contributed by atoms with Crippen LogP contribution in [0.15, 0.2) is 66.9 Å². The Balaban J connectivity index is 1.22. The number of aromatic nitrogens is 2. The van der Waals surface area contributed by atoms with Crippen LogP contribution in [-0.2, 0) is 14.5 Å². The molecule has 196 valence electrons. The molecule has 0 amide bonds. The average molecular weight is 531 g/mol. The zero-order valence-electron chi connectivity index (χ0n) is 19.9. The molecule has 0 radical (unpaired) electrons. The Morgan fingerprint density at radius 3 is 2.78 bits per heavy atom. The highest BCUT2D eigenvalue weighted by Gasteiger charge is 2.44. The Kier molecular flexibility index (Phi) is 7.19. The topological polar surface area (TPSA) is 149 Å². The van der Waals surface area contributed by atoms with Gasteiger partial charge in [-0.25, -0.2) is 19.5 Å². The van der Waals surface area contributed by atoms with Crippen LogP contribution in [0.25, 0.3) is 0 Å². The predicted octanol–water partition coefficient (Wildman–Crippen LogP) is 0.479. The molecule has 0 spiro atoms. The summed E-state index contributed by atoms with van der Waals surface area (Å²) in [7, 11) is -4.22. The van der Waals surface area contributed by atoms with Crippen molar-refractivity contribution in [1.29, 1.82) is 0 Å². The third-order valence-corrected chi connectivity index (χ3v) is 7.67. The molecule has 2 heterocycles. The summed E-state index contributed by atoms with van der Waals surface area (Å²) < 4.78 is 41.4. The van der Waals surface area contributed by atoms with E-state index in [9.17, 15) is 22.7 Å². The van der Waals surface area contributed by atoms with Crippen molar-refractivity contribution in [3.8, 4) is 0 Å². The van der Waals surface area contributed by atoms with E-state index in [-0.39, 0.29) is 23.6 Å². The number of halogens is 1. The molecule has 2 aromatic rings. The van der Waals surface area contributed by atoms with Crippen LogP contribution >= 0.6 is 0 Å². The first-order valence-corrected chi connectivity index (χ1v) is 13.6. The first-order chi connectivity index (χ1) is 17.7. The normalized spacial score (nSPS) is 30.8. The summed E-state index contributed by atoms with van der Waals surface area (Å²) in [5.74, 6) is 0.135. The lowest BCUT2D eigenvalue weighted by Crippen LogP contribution is -3.02. The fourth-order valence-electron chi connectivity index (χ4n) is 5.17. The van der Waals surface area contributed by atoms with Gasteiger partial charge < -0.3 is 10.4 Å². The quantitative estimate of drug-likeness (QED) is 0.324. The zero-order chi connectivity index (χ0) is 26.2. The van der Waals surface area contributed by atoms with E-state index in [1.54, 1.807) is 6.08 Å². The number of carbonyl (C=O) groups excluding carboxylic acids is 1. The van der Waals surface area contributed by atoms with Crippen LogP contribution in [-0.4, -0.2) is 60.7 Å². The number of alkyl halides is 1. The number of rotatable bonds is 10. The van der Waals surface area contributed by atoms with Gasteiger partial charge in [0.25, 0.3) is 0 Å². The molecule has 5 rings (SSSR count). The Morgan fingerprint density at radius 1 is 1.24 bits per heavy atom. The van der Waals surface area contributed by atoms with Crippen LogP contribution in [0.4, 0.5) is 10.2 Å². The number of anilines is 1. The Bertz CT molecular complexity index is 1320. The standard InChI is InChI=1S/C25H28FN5O5S/c26-22-21(9-18(24(22)33)13-36-37(27,34)35)30-25-20(10-28-14-29-25)23(32)16-6-7-31(11-16)12-17-8-19(17)15-4-2-1-3-5-15/h1-7,10-11,14,17-19,21-22,24,33H,8-9,12-13H2,(H2,27,34,35)(H,28,29,30)/p+1/t17?,18-,19?,21-,22-,24-/m1/s1. The molecule has 2 aliphatic carbocycles. The number of nitrogens with two attached hydrogens (primary N) is 1. The van der Waals surface area contributed by atoms with Crippen molar-refractivity contribution in [2.24, 2.45) is 17.0 Å². The van der Waals surface area contributed by atoms with E-state index in [1.165, 1.54) is 18.1 Å². The summed E-state index contributed by atoms with van der Waals surface area (Å²) in [5.41, 5.74) is 2.01. The van der Waals surface area contributed by atoms with Crippen molar-refractivity contribution in [3.63, 3.8) is 0 Å². The lowest BCUT2D eigenvalue weighted by molar-refractivity contribution is -0.790. The summed E-state index contributed by atoms with van der Waals surface area (Å²) in [6, 6.07) is 9.49. The summed E-state index contributed by atoms with van der Waals surface area (Å²) in [5, 5.41) is 17.9. The summed E-state index contributed by atoms with van der Waals surface area (Å²) in [6.07, 6.45) is 6.20. The summed E-state index contributed by atoms with van der Waals surface area (Å²) in [6.45, 7) is 0.436. The van der Waals surface area contributed by atoms with Crippen molar-refractivity contribution in [3.05, 3.63) is 78.0 Å². The van der Waals surface area contributed by atoms with E-state index in [1.807, 2.05) is 30.6 Å². The van der Waals surface area contributed by atoms with Gasteiger partial charge in [0.1, 0.15) is 24.5 Å². The number of carbonyl (C=O) groups is 1. The number of aliphatic hydroxyl groups excluding tert-OH is 1. The number of aliphatic hydroxyl groups is 1. The van der Waals surface area contributed by atoms with Crippen molar-refractivity contribution in [2.75, 3.05) is 18.5 Å². The average Bonchev–Trinajstić information content (AvgIpc) is 3.40. The molecule has 1 aliphatic heterocycles. The lowest BCUT2D eigenvalue weighted by atomic mass is 10.1. The predicted molar refractivity (Wildman–Crippen MR) is 132 cm³/mol. The monoisotopic (exact) mass is 530 g/mol. The second-order valence-corrected chi connectivity index (χ2v) is 11.0. The number of quaternary nitrogens is 1. The van der Waals surface area contributed by atoms with Crippen molar-refractivity contribution in [2.45, 2.75) is 37.1 Å². The number of nitrogens with zero attached hydrogens (tertiary/aromatic N) is 2. The molecule has 2 fully saturated rings. The lowest BCUT2D eigenvalue weighted by Gasteiger charge is -2.18. The van der Waals surface area contributed by atoms with Gasteiger partial charge in [-0.1, -0.05) is 30.3 Å². The molecule has 1 aromatic heterocycles. The minimum absolute atomic E-state index is 0.0555. The molecule has 3 unspecified atom stereocenters. The maximum Gasteiger partial charge on any atom is 0.333 e. The molecular formula is C25H29FN5O5S+. The fraction of sp³-hybridized carbons (Fsp3) is 0.400. The van der Waals surface area contributed by atoms with E-state index in [0.29, 0.717) is 17.4 Å². The van der Waals surface area contributed by atoms with Crippen LogP contribution in [0, 0.1) is 11.8 Å². The zero-order valence-corrected chi connectivity index (χ0v) is 20.7. The van der Waals surface area contributed by atoms with E-state index < -0.39 is 41.1 Å². The highest BCUT2D eigenvalue weighted by Crippen LogP contribution is 2.46. The van der Waals surface area contributed by atoms with E-state index in [4.69, 9.17) is 5.14 Å². The molecule has 10 nitrogen and oxygen atoms in total. The molecule has 37 heavy (non-hydrogen) atoms. The Morgan fingerprint density at radius 2 is 2.03 bits per heavy atom. The fourth-order valence-corrected chi connectivity index (χ4v) is 5.53. The molecular weight excluding hydrogens is 501 g/mol. The molecule has 5 N–H and O–H groups in total. The summed E-state index contributed by atoms with van der Waals surface area (Å²) in [4.78, 5) is 22.5. The van der Waals surface area contributed by atoms with Gasteiger partial charge in [-0.15, -0.1) is 0 Å². The minimum Gasteiger partial charge on any atom is -0.390 e. The van der Waals surface area contributed by atoms with Crippen molar-refractivity contribution in [1.82, 2.24) is 9.97 Å². The van der Waals surface area contributed by atoms with Gasteiger partial charge in [0.2, 0.25) is 5.78 Å². The first-order valence-electron chi connectivity index (χ1n) is 12.1. The molecule has 7 atom stereocenters. The van der Waals surface area contributed by atoms with Crippen LogP contribution in [0.1, 0.15) is 34.7 Å². The minimum atomic E-state index is -4.22. The number of allylic oxidation sites excluding steroid dienone is 2. The van der Waals surface area contributed by atoms with Gasteiger partial charge in [-0.05, 0) is 24.3 Å². The number of benzene rings is 1. The molecule has 2 saturated carbocycles. The number of hydrogen-bond donors (Lipinski definition) is 4. The molecule has 3 aliphatic rings. The van der Waals surface area contributed by atoms with Crippen molar-refractivity contribution >= 4 is 21.9 Å². The number of nitrogens with one attached hydrogen (secondary N) is 2. The smallest absolute Gasteiger partial charge is 0.333 e. The van der Waals surface area contributed by atoms with Gasteiger partial charge >= 0.3 is 10.3 Å². The Labute approximate surface area is 214 Å². The first kappa shape index (κ1) is 25.6. The van der Waals surface area contributed by atoms with Crippen LogP contribution < -0.4 is 15.4 Å². The third kappa shape index (κ3) is 5.94. The second kappa shape index (κ2) is 10.4.